The number of esters is 1. The Morgan fingerprint density at radius 3 is 1.68 bits per heavy atom. The molecule has 22 heavy (non-hydrogen) atoms. The molecule has 0 aliphatic rings. The van der Waals surface area contributed by atoms with E-state index in [1.54, 1.807) is 6.92 Å². The maximum atomic E-state index is 11.4. The molecule has 0 aromatic carbocycles. The van der Waals surface area contributed by atoms with Crippen LogP contribution in [-0.4, -0.2) is 42.4 Å². The normalized spacial score (nSPS) is 12.3. The number of hydrogen-bond acceptors (Lipinski definition) is 5. The lowest BCUT2D eigenvalue weighted by Crippen LogP contribution is -2.53. The van der Waals surface area contributed by atoms with Crippen LogP contribution in [0, 0.1) is 0 Å². The van der Waals surface area contributed by atoms with E-state index in [1.807, 2.05) is 41.5 Å². The first-order valence-corrected chi connectivity index (χ1v) is 7.84. The number of nitrogens with zero attached hydrogens (tertiary/aromatic N) is 1. The van der Waals surface area contributed by atoms with Gasteiger partial charge in [-0.1, -0.05) is 6.58 Å². The summed E-state index contributed by atoms with van der Waals surface area (Å²) in [6.45, 7) is 17.4. The van der Waals surface area contributed by atoms with Crippen molar-refractivity contribution in [2.75, 3.05) is 13.2 Å². The largest absolute Gasteiger partial charge is 0.462 e. The van der Waals surface area contributed by atoms with Gasteiger partial charge in [0, 0.05) is 12.0 Å². The van der Waals surface area contributed by atoms with Gasteiger partial charge in [-0.2, -0.15) is 0 Å². The van der Waals surface area contributed by atoms with E-state index in [2.05, 4.69) is 6.58 Å². The lowest BCUT2D eigenvalue weighted by Gasteiger charge is -2.33. The van der Waals surface area contributed by atoms with Crippen LogP contribution in [0.25, 0.3) is 0 Å². The Morgan fingerprint density at radius 2 is 1.36 bits per heavy atom. The van der Waals surface area contributed by atoms with E-state index in [0.717, 1.165) is 0 Å². The molecular formula is C16H32NO5+. The Labute approximate surface area is 134 Å². The molecule has 0 rings (SSSR count). The Kier molecular flexibility index (Phi) is 9.51. The number of carbonyl (C=O) groups excluding carboxylic acids is 1. The molecule has 0 aliphatic carbocycles. The minimum atomic E-state index is -0.391. The average molecular weight is 318 g/mol. The molecule has 0 aromatic rings. The molecule has 0 aliphatic heterocycles. The standard InChI is InChI=1S/C16H32NO5/c1-12(2)16(18)19-11-9-10-17(20-13(3)4,21-14(5)6)22-15(7)8/h13-15H,1,9-11H2,2-8H3/q+1. The van der Waals surface area contributed by atoms with Gasteiger partial charge in [0.05, 0.1) is 11.6 Å². The van der Waals surface area contributed by atoms with Gasteiger partial charge >= 0.3 is 5.97 Å². The molecule has 6 heteroatoms. The zero-order valence-electron chi connectivity index (χ0n) is 15.0. The summed E-state index contributed by atoms with van der Waals surface area (Å²) in [6.07, 6.45) is 0.326. The number of quaternary nitrogens is 1. The number of rotatable bonds is 11. The van der Waals surface area contributed by atoms with E-state index in [9.17, 15) is 4.79 Å². The van der Waals surface area contributed by atoms with Crippen LogP contribution in [0.5, 0.6) is 0 Å². The highest BCUT2D eigenvalue weighted by Crippen LogP contribution is 2.20. The SMILES string of the molecule is C=C(C)C(=O)OCCC[N+](OC(C)C)(OC(C)C)OC(C)C. The zero-order chi connectivity index (χ0) is 17.3. The predicted molar refractivity (Wildman–Crippen MR) is 84.2 cm³/mol. The Bertz CT molecular complexity index is 326. The second-order valence-electron chi connectivity index (χ2n) is 6.07. The molecule has 0 saturated heterocycles. The van der Waals surface area contributed by atoms with Gasteiger partial charge in [-0.05, 0) is 48.5 Å². The molecule has 0 saturated carbocycles. The van der Waals surface area contributed by atoms with Crippen molar-refractivity contribution in [3.63, 3.8) is 0 Å². The first-order valence-electron chi connectivity index (χ1n) is 7.84. The zero-order valence-corrected chi connectivity index (χ0v) is 15.0. The maximum absolute atomic E-state index is 11.4. The third kappa shape index (κ3) is 9.15. The molecule has 0 N–H and O–H groups in total. The number of carbonyl (C=O) groups is 1. The molecule has 130 valence electrons. The smallest absolute Gasteiger partial charge is 0.333 e. The van der Waals surface area contributed by atoms with E-state index < -0.39 is 5.97 Å². The van der Waals surface area contributed by atoms with E-state index in [1.165, 1.54) is 0 Å². The van der Waals surface area contributed by atoms with Gasteiger partial charge in [-0.25, -0.2) is 4.79 Å². The van der Waals surface area contributed by atoms with Crippen molar-refractivity contribution in [3.8, 4) is 0 Å². The molecule has 0 heterocycles. The number of ether oxygens (including phenoxy) is 1. The minimum Gasteiger partial charge on any atom is -0.462 e. The van der Waals surface area contributed by atoms with Crippen LogP contribution >= 0.6 is 0 Å². The van der Waals surface area contributed by atoms with Crippen molar-refractivity contribution >= 4 is 5.97 Å². The summed E-state index contributed by atoms with van der Waals surface area (Å²) in [5, 5.41) is 0. The molecule has 0 amide bonds. The summed E-state index contributed by atoms with van der Waals surface area (Å²) in [6, 6.07) is 0. The highest BCUT2D eigenvalue weighted by Gasteiger charge is 2.38. The molecule has 0 aromatic heterocycles. The molecular weight excluding hydrogens is 286 g/mol. The fourth-order valence-electron chi connectivity index (χ4n) is 1.74. The molecule has 6 nitrogen and oxygen atoms in total. The summed E-state index contributed by atoms with van der Waals surface area (Å²) >= 11 is 0. The van der Waals surface area contributed by atoms with Crippen molar-refractivity contribution in [2.45, 2.75) is 73.2 Å². The van der Waals surface area contributed by atoms with Crippen molar-refractivity contribution in [2.24, 2.45) is 0 Å². The summed E-state index contributed by atoms with van der Waals surface area (Å²) in [4.78, 5) is 28.6. The van der Waals surface area contributed by atoms with Crippen LogP contribution in [0.1, 0.15) is 54.9 Å². The third-order valence-corrected chi connectivity index (χ3v) is 2.27. The monoisotopic (exact) mass is 318 g/mol. The highest BCUT2D eigenvalue weighted by molar-refractivity contribution is 5.86. The van der Waals surface area contributed by atoms with Crippen LogP contribution in [0.3, 0.4) is 0 Å². The molecule has 0 spiro atoms. The number of hydrogen-bond donors (Lipinski definition) is 0. The second kappa shape index (κ2) is 9.94. The van der Waals surface area contributed by atoms with Gasteiger partial charge < -0.3 is 4.74 Å². The summed E-state index contributed by atoms with van der Waals surface area (Å²) in [5.74, 6) is -0.391. The van der Waals surface area contributed by atoms with Gasteiger partial charge in [-0.3, -0.25) is 0 Å². The fourth-order valence-corrected chi connectivity index (χ4v) is 1.74. The van der Waals surface area contributed by atoms with Gasteiger partial charge in [0.2, 0.25) is 0 Å². The van der Waals surface area contributed by atoms with Crippen LogP contribution in [0.15, 0.2) is 12.2 Å². The Hall–Kier alpha value is -0.950. The van der Waals surface area contributed by atoms with Crippen LogP contribution in [0.4, 0.5) is 0 Å². The van der Waals surface area contributed by atoms with E-state index in [-0.39, 0.29) is 29.9 Å². The van der Waals surface area contributed by atoms with E-state index in [4.69, 9.17) is 19.2 Å². The molecule has 0 fully saturated rings. The highest BCUT2D eigenvalue weighted by atomic mass is 17.2. The fraction of sp³-hybridized carbons (Fsp3) is 0.812. The minimum absolute atomic E-state index is 0.0736. The van der Waals surface area contributed by atoms with Crippen LogP contribution < -0.4 is 0 Å². The van der Waals surface area contributed by atoms with Crippen molar-refractivity contribution < 1.29 is 29.0 Å². The van der Waals surface area contributed by atoms with Gasteiger partial charge in [0.1, 0.15) is 18.3 Å². The van der Waals surface area contributed by atoms with Gasteiger partial charge in [-0.15, -0.1) is 14.5 Å². The lowest BCUT2D eigenvalue weighted by atomic mass is 10.3. The van der Waals surface area contributed by atoms with Crippen molar-refractivity contribution in [3.05, 3.63) is 12.2 Å². The van der Waals surface area contributed by atoms with E-state index in [0.29, 0.717) is 18.5 Å². The first-order chi connectivity index (χ1) is 10.1. The van der Waals surface area contributed by atoms with Crippen LogP contribution in [0.2, 0.25) is 0 Å². The maximum Gasteiger partial charge on any atom is 0.333 e. The quantitative estimate of drug-likeness (QED) is 0.192. The van der Waals surface area contributed by atoms with Gasteiger partial charge in [0.25, 0.3) is 0 Å². The number of hydroxylamine groups is 3. The summed E-state index contributed by atoms with van der Waals surface area (Å²) < 4.78 is 5.10. The summed E-state index contributed by atoms with van der Waals surface area (Å²) in [5.41, 5.74) is 0.385. The lowest BCUT2D eigenvalue weighted by molar-refractivity contribution is -1.37. The van der Waals surface area contributed by atoms with Crippen molar-refractivity contribution in [1.29, 1.82) is 0 Å². The molecule has 0 atom stereocenters. The summed E-state index contributed by atoms with van der Waals surface area (Å²) in [7, 11) is 0. The average Bonchev–Trinajstić information content (AvgIpc) is 2.31. The van der Waals surface area contributed by atoms with Crippen molar-refractivity contribution in [1.82, 2.24) is 0 Å². The predicted octanol–water partition coefficient (Wildman–Crippen LogP) is 3.33. The molecule has 0 unspecified atom stereocenters. The Balaban J connectivity index is 4.73. The van der Waals surface area contributed by atoms with Gasteiger partial charge in [0.15, 0.2) is 6.54 Å². The third-order valence-electron chi connectivity index (χ3n) is 2.27. The molecule has 0 radical (unpaired) electrons. The second-order valence-corrected chi connectivity index (χ2v) is 6.07. The topological polar surface area (TPSA) is 54.0 Å². The van der Waals surface area contributed by atoms with E-state index >= 15 is 0 Å². The first kappa shape index (κ1) is 21.0. The van der Waals surface area contributed by atoms with Crippen LogP contribution in [-0.2, 0) is 24.0 Å². The molecule has 0 bridgehead atoms. The Morgan fingerprint density at radius 1 is 0.955 bits per heavy atom.